The highest BCUT2D eigenvalue weighted by atomic mass is 79.9. The predicted octanol–water partition coefficient (Wildman–Crippen LogP) is 4.06. The Bertz CT molecular complexity index is 305. The molecule has 2 heteroatoms. The first-order valence-electron chi connectivity index (χ1n) is 3.65. The van der Waals surface area contributed by atoms with Crippen molar-refractivity contribution in [2.24, 2.45) is 0 Å². The smallest absolute Gasteiger partial charge is 0.0441 e. The lowest BCUT2D eigenvalue weighted by atomic mass is 10.1. The molecule has 0 aliphatic rings. The van der Waals surface area contributed by atoms with Crippen LogP contribution in [0.2, 0.25) is 5.02 Å². The Morgan fingerprint density at radius 2 is 2.25 bits per heavy atom. The molecule has 1 rings (SSSR count). The summed E-state index contributed by atoms with van der Waals surface area (Å²) in [4.78, 5) is 0. The monoisotopic (exact) mass is 244 g/mol. The first kappa shape index (κ1) is 9.82. The van der Waals surface area contributed by atoms with E-state index in [1.165, 1.54) is 0 Å². The zero-order valence-corrected chi connectivity index (χ0v) is 9.24. The molecule has 0 nitrogen and oxygen atoms in total. The lowest BCUT2D eigenvalue weighted by Gasteiger charge is -2.03. The van der Waals surface area contributed by atoms with Crippen molar-refractivity contribution in [3.05, 3.63) is 40.9 Å². The Morgan fingerprint density at radius 3 is 2.75 bits per heavy atom. The number of aryl methyl sites for hydroxylation is 1. The summed E-state index contributed by atoms with van der Waals surface area (Å²) in [7, 11) is 0. The van der Waals surface area contributed by atoms with E-state index in [-0.39, 0.29) is 0 Å². The normalized spacial score (nSPS) is 9.92. The Hall–Kier alpha value is -0.270. The van der Waals surface area contributed by atoms with Crippen molar-refractivity contribution in [1.82, 2.24) is 0 Å². The molecule has 0 aliphatic carbocycles. The van der Waals surface area contributed by atoms with Crippen molar-refractivity contribution in [1.29, 1.82) is 0 Å². The van der Waals surface area contributed by atoms with Gasteiger partial charge in [0.25, 0.3) is 0 Å². The minimum Gasteiger partial charge on any atom is -0.0944 e. The molecule has 0 heterocycles. The summed E-state index contributed by atoms with van der Waals surface area (Å²) < 4.78 is 0. The Labute approximate surface area is 86.4 Å². The summed E-state index contributed by atoms with van der Waals surface area (Å²) in [6.45, 7) is 5.90. The van der Waals surface area contributed by atoms with E-state index in [1.54, 1.807) is 0 Å². The largest absolute Gasteiger partial charge is 0.0944 e. The lowest BCUT2D eigenvalue weighted by Crippen LogP contribution is -1.84. The molecule has 64 valence electrons. The van der Waals surface area contributed by atoms with Gasteiger partial charge in [0.2, 0.25) is 0 Å². The van der Waals surface area contributed by atoms with Gasteiger partial charge in [-0.15, -0.1) is 0 Å². The quantitative estimate of drug-likeness (QED) is 0.690. The maximum atomic E-state index is 5.96. The minimum absolute atomic E-state index is 0.784. The van der Waals surface area contributed by atoms with Gasteiger partial charge < -0.3 is 0 Å². The summed E-state index contributed by atoms with van der Waals surface area (Å²) in [5.74, 6) is 0. The van der Waals surface area contributed by atoms with Crippen LogP contribution in [0.5, 0.6) is 0 Å². The van der Waals surface area contributed by atoms with Gasteiger partial charge in [-0.1, -0.05) is 46.2 Å². The second-order valence-electron chi connectivity index (χ2n) is 2.70. The van der Waals surface area contributed by atoms with Crippen LogP contribution in [0.4, 0.5) is 0 Å². The summed E-state index contributed by atoms with van der Waals surface area (Å²) in [6.07, 6.45) is 0. The van der Waals surface area contributed by atoms with Gasteiger partial charge in [-0.05, 0) is 29.7 Å². The molecule has 0 unspecified atom stereocenters. The first-order chi connectivity index (χ1) is 5.65. The number of hydrogen-bond acceptors (Lipinski definition) is 0. The summed E-state index contributed by atoms with van der Waals surface area (Å²) in [6, 6.07) is 5.98. The van der Waals surface area contributed by atoms with Gasteiger partial charge in [-0.2, -0.15) is 0 Å². The molecule has 0 atom stereocenters. The van der Waals surface area contributed by atoms with Gasteiger partial charge in [0.1, 0.15) is 0 Å². The second-order valence-corrected chi connectivity index (χ2v) is 3.67. The van der Waals surface area contributed by atoms with Crippen LogP contribution >= 0.6 is 27.5 Å². The zero-order chi connectivity index (χ0) is 9.14. The molecule has 0 amide bonds. The molecular weight excluding hydrogens is 235 g/mol. The fraction of sp³-hybridized carbons (Fsp3) is 0.200. The lowest BCUT2D eigenvalue weighted by molar-refractivity contribution is 1.45. The molecular formula is C10H10BrCl. The third-order valence-electron chi connectivity index (χ3n) is 1.74. The highest BCUT2D eigenvalue weighted by Crippen LogP contribution is 2.21. The first-order valence-corrected chi connectivity index (χ1v) is 5.15. The fourth-order valence-corrected chi connectivity index (χ4v) is 1.39. The number of benzene rings is 1. The number of alkyl halides is 1. The maximum Gasteiger partial charge on any atom is 0.0441 e. The van der Waals surface area contributed by atoms with E-state index in [9.17, 15) is 0 Å². The van der Waals surface area contributed by atoms with Gasteiger partial charge in [-0.25, -0.2) is 0 Å². The molecule has 1 aromatic rings. The number of allylic oxidation sites excluding steroid dienone is 1. The average molecular weight is 246 g/mol. The number of halogens is 2. The molecule has 1 aromatic carbocycles. The van der Waals surface area contributed by atoms with Crippen LogP contribution in [-0.2, 0) is 0 Å². The summed E-state index contributed by atoms with van der Waals surface area (Å²) >= 11 is 9.31. The van der Waals surface area contributed by atoms with Crippen LogP contribution in [0.15, 0.2) is 24.8 Å². The second kappa shape index (κ2) is 4.11. The highest BCUT2D eigenvalue weighted by Gasteiger charge is 1.99. The van der Waals surface area contributed by atoms with Gasteiger partial charge in [0.05, 0.1) is 0 Å². The zero-order valence-electron chi connectivity index (χ0n) is 6.90. The molecule has 0 N–H and O–H groups in total. The standard InChI is InChI=1S/C10H10BrCl/c1-7-3-4-9(5-10(7)12)8(2)6-11/h3-5H,2,6H2,1H3. The van der Waals surface area contributed by atoms with E-state index in [1.807, 2.05) is 25.1 Å². The van der Waals surface area contributed by atoms with Crippen LogP contribution in [0.3, 0.4) is 0 Å². The van der Waals surface area contributed by atoms with E-state index in [4.69, 9.17) is 11.6 Å². The van der Waals surface area contributed by atoms with Crippen LogP contribution < -0.4 is 0 Å². The third kappa shape index (κ3) is 2.11. The predicted molar refractivity (Wildman–Crippen MR) is 59.0 cm³/mol. The van der Waals surface area contributed by atoms with Gasteiger partial charge in [-0.3, -0.25) is 0 Å². The maximum absolute atomic E-state index is 5.96. The summed E-state index contributed by atoms with van der Waals surface area (Å²) in [5, 5.41) is 1.58. The fourth-order valence-electron chi connectivity index (χ4n) is 0.890. The van der Waals surface area contributed by atoms with Crippen molar-refractivity contribution >= 4 is 33.1 Å². The van der Waals surface area contributed by atoms with E-state index in [2.05, 4.69) is 22.5 Å². The topological polar surface area (TPSA) is 0 Å². The molecule has 0 bridgehead atoms. The molecule has 0 aliphatic heterocycles. The molecule has 0 saturated carbocycles. The van der Waals surface area contributed by atoms with Crippen molar-refractivity contribution in [3.63, 3.8) is 0 Å². The van der Waals surface area contributed by atoms with Crippen LogP contribution in [0.25, 0.3) is 5.57 Å². The van der Waals surface area contributed by atoms with Gasteiger partial charge in [0.15, 0.2) is 0 Å². The van der Waals surface area contributed by atoms with Crippen molar-refractivity contribution in [2.75, 3.05) is 5.33 Å². The molecule has 0 spiro atoms. The van der Waals surface area contributed by atoms with E-state index in [0.29, 0.717) is 0 Å². The van der Waals surface area contributed by atoms with Crippen molar-refractivity contribution in [3.8, 4) is 0 Å². The van der Waals surface area contributed by atoms with Gasteiger partial charge >= 0.3 is 0 Å². The molecule has 0 saturated heterocycles. The van der Waals surface area contributed by atoms with Gasteiger partial charge in [0, 0.05) is 10.4 Å². The minimum atomic E-state index is 0.784. The number of hydrogen-bond donors (Lipinski definition) is 0. The van der Waals surface area contributed by atoms with E-state index < -0.39 is 0 Å². The Morgan fingerprint density at radius 1 is 1.58 bits per heavy atom. The molecule has 12 heavy (non-hydrogen) atoms. The SMILES string of the molecule is C=C(CBr)c1ccc(C)c(Cl)c1. The van der Waals surface area contributed by atoms with E-state index in [0.717, 1.165) is 27.1 Å². The number of rotatable bonds is 2. The Kier molecular flexibility index (Phi) is 3.36. The van der Waals surface area contributed by atoms with Crippen LogP contribution in [-0.4, -0.2) is 5.33 Å². The van der Waals surface area contributed by atoms with Crippen LogP contribution in [0, 0.1) is 6.92 Å². The molecule has 0 fully saturated rings. The van der Waals surface area contributed by atoms with E-state index >= 15 is 0 Å². The van der Waals surface area contributed by atoms with Crippen molar-refractivity contribution in [2.45, 2.75) is 6.92 Å². The Balaban J connectivity index is 3.05. The highest BCUT2D eigenvalue weighted by molar-refractivity contribution is 9.09. The van der Waals surface area contributed by atoms with Crippen LogP contribution in [0.1, 0.15) is 11.1 Å². The molecule has 0 radical (unpaired) electrons. The average Bonchev–Trinajstić information content (AvgIpc) is 2.08. The third-order valence-corrected chi connectivity index (χ3v) is 2.83. The van der Waals surface area contributed by atoms with Crippen molar-refractivity contribution < 1.29 is 0 Å². The molecule has 0 aromatic heterocycles. The summed E-state index contributed by atoms with van der Waals surface area (Å²) in [5.41, 5.74) is 3.25.